The van der Waals surface area contributed by atoms with Crippen LogP contribution >= 0.6 is 15.6 Å². The van der Waals surface area contributed by atoms with Gasteiger partial charge in [-0.1, -0.05) is 78.1 Å². The molecular formula is C24H48O13P2. The van der Waals surface area contributed by atoms with Crippen molar-refractivity contribution in [1.82, 2.24) is 0 Å². The predicted molar refractivity (Wildman–Crippen MR) is 143 cm³/mol. The van der Waals surface area contributed by atoms with Crippen LogP contribution in [0.15, 0.2) is 0 Å². The van der Waals surface area contributed by atoms with E-state index < -0.39 is 59.6 Å². The van der Waals surface area contributed by atoms with E-state index in [-0.39, 0.29) is 19.4 Å². The van der Waals surface area contributed by atoms with Gasteiger partial charge in [0.1, 0.15) is 12.7 Å². The van der Waals surface area contributed by atoms with Crippen LogP contribution in [0, 0.1) is 0 Å². The number of aliphatic hydroxyl groups excluding tert-OH is 1. The molecule has 0 spiro atoms. The van der Waals surface area contributed by atoms with Crippen LogP contribution in [-0.2, 0) is 41.8 Å². The Bertz CT molecular complexity index is 744. The molecule has 4 N–H and O–H groups in total. The van der Waals surface area contributed by atoms with Gasteiger partial charge in [-0.15, -0.1) is 0 Å². The first-order valence-electron chi connectivity index (χ1n) is 13.7. The summed E-state index contributed by atoms with van der Waals surface area (Å²) in [5, 5.41) is 9.56. The number of hydrogen-bond donors (Lipinski definition) is 4. The van der Waals surface area contributed by atoms with Gasteiger partial charge in [-0.05, 0) is 12.8 Å². The third-order valence-corrected chi connectivity index (χ3v) is 6.92. The lowest BCUT2D eigenvalue weighted by Crippen LogP contribution is -2.29. The Labute approximate surface area is 231 Å². The van der Waals surface area contributed by atoms with Gasteiger partial charge in [0.2, 0.25) is 0 Å². The fourth-order valence-electron chi connectivity index (χ4n) is 3.32. The number of carbonyl (C=O) groups is 2. The van der Waals surface area contributed by atoms with Crippen LogP contribution in [-0.4, -0.2) is 70.4 Å². The second kappa shape index (κ2) is 22.8. The molecule has 0 saturated heterocycles. The summed E-state index contributed by atoms with van der Waals surface area (Å²) in [5.74, 6) is -1.07. The van der Waals surface area contributed by atoms with E-state index in [1.54, 1.807) is 0 Å². The fourth-order valence-corrected chi connectivity index (χ4v) is 4.48. The molecule has 0 heterocycles. The summed E-state index contributed by atoms with van der Waals surface area (Å²) in [5.41, 5.74) is 0. The zero-order valence-electron chi connectivity index (χ0n) is 23.2. The topological polar surface area (TPSA) is 195 Å². The number of ether oxygens (including phenoxy) is 2. The maximum Gasteiger partial charge on any atom is 0.472 e. The minimum atomic E-state index is -4.83. The summed E-state index contributed by atoms with van der Waals surface area (Å²) >= 11 is 0. The summed E-state index contributed by atoms with van der Waals surface area (Å²) < 4.78 is 46.6. The van der Waals surface area contributed by atoms with Gasteiger partial charge >= 0.3 is 27.6 Å². The van der Waals surface area contributed by atoms with Gasteiger partial charge in [-0.25, -0.2) is 9.13 Å². The van der Waals surface area contributed by atoms with Crippen molar-refractivity contribution in [2.75, 3.05) is 26.4 Å². The number of esters is 2. The van der Waals surface area contributed by atoms with Gasteiger partial charge in [0.25, 0.3) is 0 Å². The monoisotopic (exact) mass is 606 g/mol. The Morgan fingerprint density at radius 3 is 1.69 bits per heavy atom. The quantitative estimate of drug-likeness (QED) is 0.0609. The highest BCUT2D eigenvalue weighted by molar-refractivity contribution is 7.47. The maximum atomic E-state index is 12.1. The molecule has 0 rings (SSSR count). The first kappa shape index (κ1) is 38.1. The standard InChI is InChI=1S/C24H48O13P2/c1-3-5-7-8-9-10-11-12-13-14-16-23(26)33-19-22(37-24(27)15-6-4-2)20-36-39(31,32)35-18-21(25)17-34-38(28,29)30/h21-22,25H,3-20H2,1-2H3,(H,31,32)(H2,28,29,30)/t21-,22-/m1/s1. The Kier molecular flexibility index (Phi) is 22.3. The lowest BCUT2D eigenvalue weighted by Gasteiger charge is -2.20. The largest absolute Gasteiger partial charge is 0.472 e. The lowest BCUT2D eigenvalue weighted by molar-refractivity contribution is -0.161. The number of carbonyl (C=O) groups excluding carboxylic acids is 2. The Morgan fingerprint density at radius 1 is 0.641 bits per heavy atom. The van der Waals surface area contributed by atoms with Crippen molar-refractivity contribution in [3.63, 3.8) is 0 Å². The van der Waals surface area contributed by atoms with E-state index in [0.717, 1.165) is 25.7 Å². The highest BCUT2D eigenvalue weighted by Crippen LogP contribution is 2.43. The molecule has 232 valence electrons. The molecular weight excluding hydrogens is 558 g/mol. The summed E-state index contributed by atoms with van der Waals surface area (Å²) in [6.07, 6.45) is 10.1. The van der Waals surface area contributed by atoms with Crippen molar-refractivity contribution in [2.45, 2.75) is 116 Å². The molecule has 0 radical (unpaired) electrons. The van der Waals surface area contributed by atoms with E-state index >= 15 is 0 Å². The van der Waals surface area contributed by atoms with Crippen molar-refractivity contribution in [2.24, 2.45) is 0 Å². The number of hydrogen-bond acceptors (Lipinski definition) is 10. The van der Waals surface area contributed by atoms with E-state index in [4.69, 9.17) is 23.8 Å². The number of phosphoric acid groups is 2. The fraction of sp³-hybridized carbons (Fsp3) is 0.917. The Hall–Kier alpha value is -0.880. The lowest BCUT2D eigenvalue weighted by atomic mass is 10.1. The van der Waals surface area contributed by atoms with Crippen molar-refractivity contribution >= 4 is 27.6 Å². The molecule has 0 aromatic rings. The molecule has 0 aromatic carbocycles. The molecule has 0 bridgehead atoms. The molecule has 0 aliphatic rings. The van der Waals surface area contributed by atoms with Gasteiger partial charge < -0.3 is 29.3 Å². The SMILES string of the molecule is CCCCCCCCCCCCC(=O)OC[C@H](COP(=O)(O)OC[C@H](O)COP(=O)(O)O)OC(=O)CCCC. The zero-order valence-corrected chi connectivity index (χ0v) is 25.0. The van der Waals surface area contributed by atoms with E-state index in [1.807, 2.05) is 6.92 Å². The molecule has 15 heteroatoms. The van der Waals surface area contributed by atoms with Crippen LogP contribution in [0.2, 0.25) is 0 Å². The van der Waals surface area contributed by atoms with Crippen molar-refractivity contribution in [3.05, 3.63) is 0 Å². The summed E-state index contributed by atoms with van der Waals surface area (Å²) in [6.45, 7) is 1.39. The van der Waals surface area contributed by atoms with Gasteiger partial charge in [0, 0.05) is 12.8 Å². The van der Waals surface area contributed by atoms with E-state index in [9.17, 15) is 28.7 Å². The molecule has 0 aliphatic heterocycles. The minimum absolute atomic E-state index is 0.110. The van der Waals surface area contributed by atoms with Crippen LogP contribution < -0.4 is 0 Å². The molecule has 0 fully saturated rings. The third-order valence-electron chi connectivity index (χ3n) is 5.49. The first-order chi connectivity index (χ1) is 18.4. The number of unbranched alkanes of at least 4 members (excludes halogenated alkanes) is 10. The summed E-state index contributed by atoms with van der Waals surface area (Å²) in [7, 11) is -9.59. The van der Waals surface area contributed by atoms with Gasteiger partial charge in [-0.2, -0.15) is 0 Å². The van der Waals surface area contributed by atoms with Crippen molar-refractivity contribution in [1.29, 1.82) is 0 Å². The van der Waals surface area contributed by atoms with Crippen LogP contribution in [0.25, 0.3) is 0 Å². The van der Waals surface area contributed by atoms with Crippen molar-refractivity contribution in [3.8, 4) is 0 Å². The highest BCUT2D eigenvalue weighted by atomic mass is 31.2. The van der Waals surface area contributed by atoms with Crippen LogP contribution in [0.4, 0.5) is 0 Å². The maximum absolute atomic E-state index is 12.1. The molecule has 39 heavy (non-hydrogen) atoms. The minimum Gasteiger partial charge on any atom is -0.462 e. The molecule has 0 aliphatic carbocycles. The van der Waals surface area contributed by atoms with Crippen molar-refractivity contribution < 1.29 is 61.6 Å². The molecule has 0 saturated carbocycles. The molecule has 0 amide bonds. The average Bonchev–Trinajstić information content (AvgIpc) is 2.87. The van der Waals surface area contributed by atoms with Gasteiger partial charge in [0.15, 0.2) is 6.10 Å². The highest BCUT2D eigenvalue weighted by Gasteiger charge is 2.28. The normalized spacial score (nSPS) is 14.9. The van der Waals surface area contributed by atoms with Crippen LogP contribution in [0.1, 0.15) is 104 Å². The third kappa shape index (κ3) is 25.8. The van der Waals surface area contributed by atoms with Crippen LogP contribution in [0.5, 0.6) is 0 Å². The van der Waals surface area contributed by atoms with E-state index in [0.29, 0.717) is 12.8 Å². The molecule has 13 nitrogen and oxygen atoms in total. The predicted octanol–water partition coefficient (Wildman–Crippen LogP) is 4.55. The van der Waals surface area contributed by atoms with Crippen LogP contribution in [0.3, 0.4) is 0 Å². The zero-order chi connectivity index (χ0) is 29.6. The van der Waals surface area contributed by atoms with E-state index in [2.05, 4.69) is 16.0 Å². The second-order valence-electron chi connectivity index (χ2n) is 9.33. The number of aliphatic hydroxyl groups is 1. The second-order valence-corrected chi connectivity index (χ2v) is 12.0. The summed E-state index contributed by atoms with van der Waals surface area (Å²) in [6, 6.07) is 0. The Balaban J connectivity index is 4.45. The molecule has 1 unspecified atom stereocenters. The van der Waals surface area contributed by atoms with E-state index in [1.165, 1.54) is 38.5 Å². The molecule has 0 aromatic heterocycles. The smallest absolute Gasteiger partial charge is 0.462 e. The molecule has 3 atom stereocenters. The van der Waals surface area contributed by atoms with Gasteiger partial charge in [-0.3, -0.25) is 23.2 Å². The first-order valence-corrected chi connectivity index (χ1v) is 16.8. The number of rotatable bonds is 26. The summed E-state index contributed by atoms with van der Waals surface area (Å²) in [4.78, 5) is 51.2. The average molecular weight is 607 g/mol. The Morgan fingerprint density at radius 2 is 1.13 bits per heavy atom. The van der Waals surface area contributed by atoms with Gasteiger partial charge in [0.05, 0.1) is 19.8 Å². The number of phosphoric ester groups is 2.